The number of hydrogen-bond acceptors (Lipinski definition) is 6. The first-order valence-electron chi connectivity index (χ1n) is 10.3. The number of aromatic nitrogens is 5. The monoisotopic (exact) mass is 413 g/mol. The van der Waals surface area contributed by atoms with Gasteiger partial charge in [0, 0.05) is 31.7 Å². The number of nitrogens with zero attached hydrogens (tertiary/aromatic N) is 7. The fourth-order valence-electron chi connectivity index (χ4n) is 3.83. The van der Waals surface area contributed by atoms with E-state index in [1.807, 2.05) is 67.3 Å². The SMILES string of the molecule is Cc1ccc(C(=O)N2CCN(c3ncnc4c3nnn4-c3ccc(C)cc3)CC2)cc1. The minimum Gasteiger partial charge on any atom is -0.351 e. The Kier molecular flexibility index (Phi) is 4.82. The predicted octanol–water partition coefficient (Wildman–Crippen LogP) is 2.79. The summed E-state index contributed by atoms with van der Waals surface area (Å²) in [6.45, 7) is 6.69. The van der Waals surface area contributed by atoms with Gasteiger partial charge in [0.05, 0.1) is 5.69 Å². The highest BCUT2D eigenvalue weighted by Crippen LogP contribution is 2.24. The van der Waals surface area contributed by atoms with Gasteiger partial charge in [-0.15, -0.1) is 5.10 Å². The van der Waals surface area contributed by atoms with Gasteiger partial charge in [0.2, 0.25) is 0 Å². The van der Waals surface area contributed by atoms with E-state index in [1.165, 1.54) is 5.56 Å². The van der Waals surface area contributed by atoms with Gasteiger partial charge in [-0.2, -0.15) is 4.68 Å². The molecule has 4 aromatic rings. The van der Waals surface area contributed by atoms with Gasteiger partial charge in [-0.1, -0.05) is 40.6 Å². The Hall–Kier alpha value is -3.81. The summed E-state index contributed by atoms with van der Waals surface area (Å²) in [6.07, 6.45) is 1.55. The summed E-state index contributed by atoms with van der Waals surface area (Å²) in [7, 11) is 0. The fraction of sp³-hybridized carbons (Fsp3) is 0.261. The maximum atomic E-state index is 12.8. The fourth-order valence-corrected chi connectivity index (χ4v) is 3.83. The summed E-state index contributed by atoms with van der Waals surface area (Å²) in [5.74, 6) is 0.823. The van der Waals surface area contributed by atoms with E-state index in [4.69, 9.17) is 0 Å². The van der Waals surface area contributed by atoms with Crippen LogP contribution in [0.4, 0.5) is 5.82 Å². The molecule has 1 fully saturated rings. The number of aryl methyl sites for hydroxylation is 2. The molecule has 0 atom stereocenters. The Balaban J connectivity index is 1.36. The minimum atomic E-state index is 0.0674. The molecule has 3 heterocycles. The van der Waals surface area contributed by atoms with Crippen LogP contribution in [0.5, 0.6) is 0 Å². The van der Waals surface area contributed by atoms with E-state index in [1.54, 1.807) is 11.0 Å². The highest BCUT2D eigenvalue weighted by atomic mass is 16.2. The Labute approximate surface area is 180 Å². The van der Waals surface area contributed by atoms with Crippen LogP contribution < -0.4 is 4.90 Å². The van der Waals surface area contributed by atoms with Crippen molar-refractivity contribution in [3.8, 4) is 5.69 Å². The zero-order valence-corrected chi connectivity index (χ0v) is 17.6. The van der Waals surface area contributed by atoms with Crippen molar-refractivity contribution in [3.05, 3.63) is 71.5 Å². The quantitative estimate of drug-likeness (QED) is 0.514. The summed E-state index contributed by atoms with van der Waals surface area (Å²) < 4.78 is 1.73. The van der Waals surface area contributed by atoms with Gasteiger partial charge >= 0.3 is 0 Å². The van der Waals surface area contributed by atoms with Crippen LogP contribution in [0.1, 0.15) is 21.5 Å². The van der Waals surface area contributed by atoms with Crippen molar-refractivity contribution in [1.82, 2.24) is 29.9 Å². The summed E-state index contributed by atoms with van der Waals surface area (Å²) in [6, 6.07) is 15.8. The number of carbonyl (C=O) groups is 1. The molecule has 8 nitrogen and oxygen atoms in total. The third-order valence-electron chi connectivity index (χ3n) is 5.66. The molecular weight excluding hydrogens is 390 g/mol. The Bertz CT molecular complexity index is 1220. The van der Waals surface area contributed by atoms with E-state index in [0.29, 0.717) is 37.3 Å². The van der Waals surface area contributed by atoms with E-state index in [2.05, 4.69) is 25.2 Å². The maximum Gasteiger partial charge on any atom is 0.253 e. The van der Waals surface area contributed by atoms with Gasteiger partial charge < -0.3 is 9.80 Å². The molecule has 2 aromatic carbocycles. The second kappa shape index (κ2) is 7.79. The molecule has 0 N–H and O–H groups in total. The molecule has 31 heavy (non-hydrogen) atoms. The molecule has 0 bridgehead atoms. The number of benzene rings is 2. The van der Waals surface area contributed by atoms with Crippen LogP contribution in [0.2, 0.25) is 0 Å². The van der Waals surface area contributed by atoms with Gasteiger partial charge in [0.15, 0.2) is 17.0 Å². The minimum absolute atomic E-state index is 0.0674. The molecule has 1 aliphatic heterocycles. The summed E-state index contributed by atoms with van der Waals surface area (Å²) in [4.78, 5) is 25.8. The number of rotatable bonds is 3. The molecule has 1 aliphatic rings. The summed E-state index contributed by atoms with van der Waals surface area (Å²) in [5.41, 5.74) is 5.30. The molecule has 2 aromatic heterocycles. The van der Waals surface area contributed by atoms with Crippen molar-refractivity contribution in [3.63, 3.8) is 0 Å². The molecule has 0 spiro atoms. The highest BCUT2D eigenvalue weighted by Gasteiger charge is 2.25. The lowest BCUT2D eigenvalue weighted by molar-refractivity contribution is 0.0746. The van der Waals surface area contributed by atoms with Crippen molar-refractivity contribution < 1.29 is 4.79 Å². The third-order valence-corrected chi connectivity index (χ3v) is 5.66. The van der Waals surface area contributed by atoms with E-state index in [9.17, 15) is 4.79 Å². The lowest BCUT2D eigenvalue weighted by atomic mass is 10.1. The van der Waals surface area contributed by atoms with E-state index in [-0.39, 0.29) is 5.91 Å². The lowest BCUT2D eigenvalue weighted by Crippen LogP contribution is -2.49. The maximum absolute atomic E-state index is 12.8. The number of piperazine rings is 1. The Morgan fingerprint density at radius 2 is 1.48 bits per heavy atom. The number of hydrogen-bond donors (Lipinski definition) is 0. The van der Waals surface area contributed by atoms with Crippen LogP contribution in [-0.2, 0) is 0 Å². The van der Waals surface area contributed by atoms with Gasteiger partial charge in [0.25, 0.3) is 5.91 Å². The lowest BCUT2D eigenvalue weighted by Gasteiger charge is -2.35. The van der Waals surface area contributed by atoms with Crippen LogP contribution in [-0.4, -0.2) is 61.9 Å². The van der Waals surface area contributed by atoms with Crippen molar-refractivity contribution in [2.75, 3.05) is 31.1 Å². The molecular formula is C23H23N7O. The number of amides is 1. The average Bonchev–Trinajstić information content (AvgIpc) is 3.24. The molecule has 1 amide bonds. The summed E-state index contributed by atoms with van der Waals surface area (Å²) >= 11 is 0. The second-order valence-electron chi connectivity index (χ2n) is 7.85. The number of fused-ring (bicyclic) bond motifs is 1. The van der Waals surface area contributed by atoms with Crippen LogP contribution in [0.25, 0.3) is 16.9 Å². The van der Waals surface area contributed by atoms with Crippen LogP contribution in [0.15, 0.2) is 54.9 Å². The summed E-state index contributed by atoms with van der Waals surface area (Å²) in [5, 5.41) is 8.68. The third kappa shape index (κ3) is 3.61. The number of anilines is 1. The molecule has 5 rings (SSSR count). The van der Waals surface area contributed by atoms with Crippen molar-refractivity contribution in [2.24, 2.45) is 0 Å². The molecule has 8 heteroatoms. The first-order chi connectivity index (χ1) is 15.1. The highest BCUT2D eigenvalue weighted by molar-refractivity contribution is 5.94. The van der Waals surface area contributed by atoms with Gasteiger partial charge in [0.1, 0.15) is 6.33 Å². The van der Waals surface area contributed by atoms with Gasteiger partial charge in [-0.3, -0.25) is 4.79 Å². The van der Waals surface area contributed by atoms with E-state index in [0.717, 1.165) is 22.6 Å². The molecule has 0 aliphatic carbocycles. The second-order valence-corrected chi connectivity index (χ2v) is 7.85. The topological polar surface area (TPSA) is 80.0 Å². The largest absolute Gasteiger partial charge is 0.351 e. The molecule has 156 valence electrons. The normalized spacial score (nSPS) is 14.3. The Morgan fingerprint density at radius 3 is 2.16 bits per heavy atom. The first-order valence-corrected chi connectivity index (χ1v) is 10.3. The molecule has 0 radical (unpaired) electrons. The van der Waals surface area contributed by atoms with Crippen molar-refractivity contribution >= 4 is 22.9 Å². The van der Waals surface area contributed by atoms with Crippen molar-refractivity contribution in [2.45, 2.75) is 13.8 Å². The predicted molar refractivity (Wildman–Crippen MR) is 118 cm³/mol. The van der Waals surface area contributed by atoms with Crippen LogP contribution in [0, 0.1) is 13.8 Å². The van der Waals surface area contributed by atoms with Gasteiger partial charge in [-0.05, 0) is 38.1 Å². The zero-order chi connectivity index (χ0) is 21.4. The van der Waals surface area contributed by atoms with Crippen LogP contribution in [0.3, 0.4) is 0 Å². The van der Waals surface area contributed by atoms with Gasteiger partial charge in [-0.25, -0.2) is 9.97 Å². The zero-order valence-electron chi connectivity index (χ0n) is 17.6. The molecule has 0 saturated carbocycles. The van der Waals surface area contributed by atoms with E-state index < -0.39 is 0 Å². The van der Waals surface area contributed by atoms with E-state index >= 15 is 0 Å². The number of carbonyl (C=O) groups excluding carboxylic acids is 1. The van der Waals surface area contributed by atoms with Crippen LogP contribution >= 0.6 is 0 Å². The molecule has 0 unspecified atom stereocenters. The Morgan fingerprint density at radius 1 is 0.839 bits per heavy atom. The smallest absolute Gasteiger partial charge is 0.253 e. The molecule has 1 saturated heterocycles. The average molecular weight is 413 g/mol. The first kappa shape index (κ1) is 19.2. The standard InChI is InChI=1S/C23H23N7O/c1-16-3-7-18(8-4-16)23(31)29-13-11-28(12-14-29)21-20-22(25-15-24-21)30(27-26-20)19-9-5-17(2)6-10-19/h3-10,15H,11-14H2,1-2H3. The van der Waals surface area contributed by atoms with Crippen molar-refractivity contribution in [1.29, 1.82) is 0 Å².